The Kier molecular flexibility index (Phi) is 30.4. The van der Waals surface area contributed by atoms with E-state index in [0.29, 0.717) is 0 Å². The molecule has 0 aromatic carbocycles. The van der Waals surface area contributed by atoms with Crippen molar-refractivity contribution >= 4 is 65.0 Å². The Labute approximate surface area is 495 Å². The van der Waals surface area contributed by atoms with Crippen LogP contribution in [0.4, 0.5) is 0 Å². The van der Waals surface area contributed by atoms with Crippen LogP contribution in [-0.4, -0.2) is 238 Å². The normalized spacial score (nSPS) is 27.2. The molecule has 1 aliphatic rings. The summed E-state index contributed by atoms with van der Waals surface area (Å²) in [7, 11) is 9.71. The highest BCUT2D eigenvalue weighted by Gasteiger charge is 2.45. The van der Waals surface area contributed by atoms with Crippen molar-refractivity contribution in [1.29, 1.82) is 0 Å². The van der Waals surface area contributed by atoms with Gasteiger partial charge >= 0.3 is 0 Å². The highest BCUT2D eigenvalue weighted by molar-refractivity contribution is 5.99. The van der Waals surface area contributed by atoms with Crippen LogP contribution < -0.4 is 21.3 Å². The van der Waals surface area contributed by atoms with E-state index in [1.807, 2.05) is 55.4 Å². The second-order valence-electron chi connectivity index (χ2n) is 25.6. The number of aliphatic hydroxyl groups excluding tert-OH is 2. The fourth-order valence-electron chi connectivity index (χ4n) is 10.4. The molecule has 12 atom stereocenters. The number of hydrogen-bond donors (Lipinski definition) is 6. The molecule has 476 valence electrons. The van der Waals surface area contributed by atoms with E-state index in [4.69, 9.17) is 0 Å². The number of aliphatic hydroxyl groups is 2. The maximum absolute atomic E-state index is 15.0. The third kappa shape index (κ3) is 21.0. The molecule has 24 heteroatoms. The SMILES string of the molecule is CC(C)C[C@@H]1C(=O)N(C)[C@H](C(C)C)C(=O)N(C)[C@H]([C@H](O)[C@H](C)CCO)C(=O)N[C@H](C)C(=O)N(C)CC(=O)N(C)[C@@H](CC(C)C)C(=O)N[C@H](C(C)C)C(=O)N(C)[C@H](CC(C)C)C(=O)N[C@H](C)C(=O)N[C@H](C)C(=O)N(C)[C@H](CC(C)C)C(=O)N1C. The fraction of sp³-hybridized carbons (Fsp3) is 0.814. The molecule has 0 aromatic rings. The van der Waals surface area contributed by atoms with Gasteiger partial charge in [0.05, 0.1) is 12.6 Å². The summed E-state index contributed by atoms with van der Waals surface area (Å²) in [5.41, 5.74) is 0. The van der Waals surface area contributed by atoms with Crippen LogP contribution in [0.25, 0.3) is 0 Å². The van der Waals surface area contributed by atoms with Crippen LogP contribution in [0.2, 0.25) is 0 Å². The molecule has 1 rings (SSSR count). The van der Waals surface area contributed by atoms with Crippen molar-refractivity contribution in [2.45, 2.75) is 209 Å². The van der Waals surface area contributed by atoms with Gasteiger partial charge in [0.25, 0.3) is 0 Å². The third-order valence-electron chi connectivity index (χ3n) is 15.6. The van der Waals surface area contributed by atoms with Crippen LogP contribution in [0.1, 0.15) is 143 Å². The summed E-state index contributed by atoms with van der Waals surface area (Å²) in [5.74, 6) is -10.3. The molecule has 0 aliphatic carbocycles. The number of amides is 11. The van der Waals surface area contributed by atoms with Gasteiger partial charge in [-0.05, 0) is 94.3 Å². The van der Waals surface area contributed by atoms with Gasteiger partial charge in [-0.15, -0.1) is 0 Å². The predicted octanol–water partition coefficient (Wildman–Crippen LogP) is 1.30. The van der Waals surface area contributed by atoms with E-state index in [9.17, 15) is 58.2 Å². The van der Waals surface area contributed by atoms with Crippen molar-refractivity contribution in [2.75, 3.05) is 62.5 Å². The minimum atomic E-state index is -1.69. The van der Waals surface area contributed by atoms with Gasteiger partial charge < -0.3 is 65.8 Å². The summed E-state index contributed by atoms with van der Waals surface area (Å²) in [6, 6.07) is -12.6. The molecule has 1 saturated heterocycles. The smallest absolute Gasteiger partial charge is 0.246 e. The van der Waals surface area contributed by atoms with Gasteiger partial charge in [-0.2, -0.15) is 0 Å². The Morgan fingerprint density at radius 1 is 0.410 bits per heavy atom. The lowest BCUT2D eigenvalue weighted by Crippen LogP contribution is -2.63. The molecular weight excluding hydrogens is 1070 g/mol. The summed E-state index contributed by atoms with van der Waals surface area (Å²) < 4.78 is 0. The standard InChI is InChI=1S/C59H107N11O13/c1-31(2)26-41-52(76)63-46(35(9)10)58(82)66(19)42(27-32(3)4)51(75)60-38(14)50(74)61-40(16)55(79)67(20)43(28-33(5)6)56(80)68(21)44(29-34(7)8)57(81)69(22)47(36(11)12)59(83)70(23)48(49(73)37(13)24-25-71)53(77)62-39(15)54(78)64(17)30-45(72)65(41)18/h31-44,46-49,71,73H,24-30H2,1-23H3,(H,60,75)(H,61,74)(H,62,77)(H,63,76)/t37-,38-,39-,40-,41+,42-,43-,44-,46-,47-,48-,49-/m1/s1. The number of carbonyl (C=O) groups excluding carboxylic acids is 11. The largest absolute Gasteiger partial charge is 0.396 e. The number of likely N-dealkylation sites (N-methyl/N-ethyl adjacent to an activating group) is 7. The molecule has 1 fully saturated rings. The molecule has 0 aromatic heterocycles. The summed E-state index contributed by atoms with van der Waals surface area (Å²) in [4.78, 5) is 167. The first-order valence-electron chi connectivity index (χ1n) is 29.5. The summed E-state index contributed by atoms with van der Waals surface area (Å²) in [6.07, 6.45) is -1.02. The molecule has 0 bridgehead atoms. The average Bonchev–Trinajstić information content (AvgIpc) is 3.60. The molecule has 0 spiro atoms. The van der Waals surface area contributed by atoms with Crippen molar-refractivity contribution in [3.63, 3.8) is 0 Å². The zero-order valence-corrected chi connectivity index (χ0v) is 54.4. The van der Waals surface area contributed by atoms with E-state index in [-0.39, 0.29) is 62.4 Å². The molecule has 6 N–H and O–H groups in total. The second kappa shape index (κ2) is 33.5. The molecule has 0 saturated carbocycles. The zero-order chi connectivity index (χ0) is 64.6. The van der Waals surface area contributed by atoms with Crippen LogP contribution in [0.3, 0.4) is 0 Å². The maximum Gasteiger partial charge on any atom is 0.246 e. The molecular formula is C59H107N11O13. The van der Waals surface area contributed by atoms with E-state index >= 15 is 4.79 Å². The van der Waals surface area contributed by atoms with Crippen LogP contribution in [-0.2, 0) is 52.7 Å². The molecule has 24 nitrogen and oxygen atoms in total. The van der Waals surface area contributed by atoms with Crippen LogP contribution in [0, 0.1) is 41.4 Å². The minimum Gasteiger partial charge on any atom is -0.396 e. The van der Waals surface area contributed by atoms with Gasteiger partial charge in [0.1, 0.15) is 60.4 Å². The lowest BCUT2D eigenvalue weighted by Gasteiger charge is -2.41. The molecule has 1 heterocycles. The fourth-order valence-corrected chi connectivity index (χ4v) is 10.4. The lowest BCUT2D eigenvalue weighted by molar-refractivity contribution is -0.157. The zero-order valence-electron chi connectivity index (χ0n) is 54.4. The van der Waals surface area contributed by atoms with Crippen LogP contribution >= 0.6 is 0 Å². The van der Waals surface area contributed by atoms with E-state index < -0.39 is 156 Å². The van der Waals surface area contributed by atoms with Crippen LogP contribution in [0.15, 0.2) is 0 Å². The van der Waals surface area contributed by atoms with Gasteiger partial charge in [0.15, 0.2) is 0 Å². The van der Waals surface area contributed by atoms with Gasteiger partial charge in [0.2, 0.25) is 65.0 Å². The number of rotatable bonds is 14. The van der Waals surface area contributed by atoms with Gasteiger partial charge in [-0.1, -0.05) is 90.0 Å². The van der Waals surface area contributed by atoms with Gasteiger partial charge in [-0.3, -0.25) is 52.7 Å². The van der Waals surface area contributed by atoms with E-state index in [2.05, 4.69) is 21.3 Å². The first kappa shape index (κ1) is 75.1. The average molecular weight is 1180 g/mol. The second-order valence-corrected chi connectivity index (χ2v) is 25.6. The molecule has 11 amide bonds. The Morgan fingerprint density at radius 2 is 0.783 bits per heavy atom. The minimum absolute atomic E-state index is 0.0208. The van der Waals surface area contributed by atoms with E-state index in [1.54, 1.807) is 34.6 Å². The summed E-state index contributed by atoms with van der Waals surface area (Å²) in [5, 5.41) is 32.5. The number of hydrogen-bond acceptors (Lipinski definition) is 13. The van der Waals surface area contributed by atoms with Gasteiger partial charge in [-0.25, -0.2) is 0 Å². The Balaban J connectivity index is 4.25. The Morgan fingerprint density at radius 3 is 1.23 bits per heavy atom. The maximum atomic E-state index is 15.0. The number of nitrogens with one attached hydrogen (secondary N) is 4. The first-order valence-corrected chi connectivity index (χ1v) is 29.5. The van der Waals surface area contributed by atoms with E-state index in [1.165, 1.54) is 94.6 Å². The van der Waals surface area contributed by atoms with Crippen molar-refractivity contribution < 1.29 is 63.0 Å². The highest BCUT2D eigenvalue weighted by atomic mass is 16.3. The Hall–Kier alpha value is -5.91. The van der Waals surface area contributed by atoms with Crippen molar-refractivity contribution in [2.24, 2.45) is 41.4 Å². The molecule has 0 unspecified atom stereocenters. The van der Waals surface area contributed by atoms with E-state index in [0.717, 1.165) is 9.80 Å². The molecule has 1 aliphatic heterocycles. The first-order chi connectivity index (χ1) is 38.2. The monoisotopic (exact) mass is 1180 g/mol. The topological polar surface area (TPSA) is 299 Å². The van der Waals surface area contributed by atoms with Crippen molar-refractivity contribution in [3.8, 4) is 0 Å². The Bertz CT molecular complexity index is 2240. The van der Waals surface area contributed by atoms with Crippen molar-refractivity contribution in [1.82, 2.24) is 55.6 Å². The molecule has 83 heavy (non-hydrogen) atoms. The molecule has 0 radical (unpaired) electrons. The summed E-state index contributed by atoms with van der Waals surface area (Å²) >= 11 is 0. The number of nitrogens with zero attached hydrogens (tertiary/aromatic N) is 7. The van der Waals surface area contributed by atoms with Crippen LogP contribution in [0.5, 0.6) is 0 Å². The number of carbonyl (C=O) groups is 11. The summed E-state index contributed by atoms with van der Waals surface area (Å²) in [6.45, 7) is 26.5. The predicted molar refractivity (Wildman–Crippen MR) is 316 cm³/mol. The lowest BCUT2D eigenvalue weighted by atomic mass is 9.91. The quantitative estimate of drug-likeness (QED) is 0.143. The van der Waals surface area contributed by atoms with Gasteiger partial charge in [0, 0.05) is 55.9 Å². The third-order valence-corrected chi connectivity index (χ3v) is 15.6. The highest BCUT2D eigenvalue weighted by Crippen LogP contribution is 2.25. The van der Waals surface area contributed by atoms with Crippen molar-refractivity contribution in [3.05, 3.63) is 0 Å².